The van der Waals surface area contributed by atoms with Crippen molar-refractivity contribution in [3.63, 3.8) is 0 Å². The lowest BCUT2D eigenvalue weighted by Gasteiger charge is -2.22. The zero-order chi connectivity index (χ0) is 21.0. The Hall–Kier alpha value is -2.86. The van der Waals surface area contributed by atoms with E-state index in [1.54, 1.807) is 24.3 Å². The van der Waals surface area contributed by atoms with Crippen LogP contribution in [0.4, 0.5) is 13.2 Å². The summed E-state index contributed by atoms with van der Waals surface area (Å²) in [5.74, 6) is 4.68. The molecule has 2 rings (SSSR count). The molecule has 0 fully saturated rings. The molecule has 148 valence electrons. The molecule has 0 aliphatic rings. The second kappa shape index (κ2) is 8.02. The Balaban J connectivity index is 2.13. The molecule has 0 saturated carbocycles. The fourth-order valence-electron chi connectivity index (χ4n) is 2.10. The van der Waals surface area contributed by atoms with Gasteiger partial charge in [0.1, 0.15) is 0 Å². The topological polar surface area (TPSA) is 76.1 Å². The van der Waals surface area contributed by atoms with Gasteiger partial charge >= 0.3 is 6.18 Å². The van der Waals surface area contributed by atoms with Crippen LogP contribution < -0.4 is 5.32 Å². The second-order valence-electron chi connectivity index (χ2n) is 6.25. The van der Waals surface area contributed by atoms with Crippen molar-refractivity contribution < 1.29 is 26.4 Å². The average Bonchev–Trinajstić information content (AvgIpc) is 2.65. The Morgan fingerprint density at radius 3 is 2.29 bits per heavy atom. The van der Waals surface area contributed by atoms with E-state index < -0.39 is 37.3 Å². The normalized spacial score (nSPS) is 12.0. The Labute approximate surface area is 160 Å². The maximum absolute atomic E-state index is 12.7. The Morgan fingerprint density at radius 2 is 1.75 bits per heavy atom. The third-order valence-corrected chi connectivity index (χ3v) is 6.22. The van der Waals surface area contributed by atoms with Crippen molar-refractivity contribution in [1.29, 1.82) is 0 Å². The Bertz CT molecular complexity index is 1000. The molecule has 0 bridgehead atoms. The van der Waals surface area contributed by atoms with E-state index in [2.05, 4.69) is 22.1 Å². The Morgan fingerprint density at radius 1 is 1.11 bits per heavy atom. The van der Waals surface area contributed by atoms with Crippen LogP contribution in [0.15, 0.2) is 53.7 Å². The summed E-state index contributed by atoms with van der Waals surface area (Å²) < 4.78 is 61.2. The number of benzene rings is 1. The highest BCUT2D eigenvalue weighted by molar-refractivity contribution is 7.93. The van der Waals surface area contributed by atoms with Crippen molar-refractivity contribution in [1.82, 2.24) is 10.3 Å². The van der Waals surface area contributed by atoms with Crippen LogP contribution in [0.25, 0.3) is 0 Å². The van der Waals surface area contributed by atoms with Gasteiger partial charge in [-0.3, -0.25) is 4.79 Å². The van der Waals surface area contributed by atoms with E-state index in [9.17, 15) is 26.4 Å². The molecule has 1 N–H and O–H groups in total. The number of nitrogens with one attached hydrogen (secondary N) is 1. The molecule has 1 amide bonds. The molecule has 0 aliphatic carbocycles. The van der Waals surface area contributed by atoms with Gasteiger partial charge in [-0.05, 0) is 38.1 Å². The second-order valence-corrected chi connectivity index (χ2v) is 8.69. The van der Waals surface area contributed by atoms with E-state index >= 15 is 0 Å². The van der Waals surface area contributed by atoms with E-state index in [1.807, 2.05) is 6.07 Å². The number of hydrogen-bond donors (Lipinski definition) is 1. The van der Waals surface area contributed by atoms with Crippen LogP contribution in [0.5, 0.6) is 0 Å². The number of pyridine rings is 1. The zero-order valence-electron chi connectivity index (χ0n) is 15.0. The molecule has 0 atom stereocenters. The number of amides is 1. The maximum atomic E-state index is 12.7. The molecule has 1 aromatic heterocycles. The first-order valence-corrected chi connectivity index (χ1v) is 9.54. The van der Waals surface area contributed by atoms with E-state index in [-0.39, 0.29) is 6.54 Å². The van der Waals surface area contributed by atoms with Gasteiger partial charge in [0, 0.05) is 11.8 Å². The predicted molar refractivity (Wildman–Crippen MR) is 96.8 cm³/mol. The van der Waals surface area contributed by atoms with Gasteiger partial charge in [0.25, 0.3) is 0 Å². The third kappa shape index (κ3) is 4.70. The molecular formula is C19H17F3N2O3S. The minimum Gasteiger partial charge on any atom is -0.344 e. The van der Waals surface area contributed by atoms with E-state index in [4.69, 9.17) is 0 Å². The van der Waals surface area contributed by atoms with Gasteiger partial charge in [-0.15, -0.1) is 0 Å². The number of hydrogen-bond acceptors (Lipinski definition) is 4. The summed E-state index contributed by atoms with van der Waals surface area (Å²) in [5, 5.41) is 1.79. The lowest BCUT2D eigenvalue weighted by Crippen LogP contribution is -2.48. The molecule has 0 saturated heterocycles. The van der Waals surface area contributed by atoms with Gasteiger partial charge in [-0.25, -0.2) is 13.4 Å². The molecule has 0 aliphatic heterocycles. The highest BCUT2D eigenvalue weighted by Crippen LogP contribution is 2.30. The molecular weight excluding hydrogens is 393 g/mol. The van der Waals surface area contributed by atoms with Crippen molar-refractivity contribution in [2.24, 2.45) is 0 Å². The minimum absolute atomic E-state index is 0.0902. The van der Waals surface area contributed by atoms with E-state index in [0.29, 0.717) is 12.3 Å². The number of aromatic nitrogens is 1. The number of nitrogens with zero attached hydrogens (tertiary/aromatic N) is 1. The summed E-state index contributed by atoms with van der Waals surface area (Å²) in [4.78, 5) is 15.7. The van der Waals surface area contributed by atoms with Gasteiger partial charge in [-0.2, -0.15) is 13.2 Å². The van der Waals surface area contributed by atoms with Crippen molar-refractivity contribution in [2.45, 2.75) is 29.8 Å². The molecule has 0 unspecified atom stereocenters. The minimum atomic E-state index is -4.64. The summed E-state index contributed by atoms with van der Waals surface area (Å²) in [6.45, 7) is 2.22. The molecule has 2 aromatic rings. The molecule has 9 heteroatoms. The van der Waals surface area contributed by atoms with E-state index in [0.717, 1.165) is 25.5 Å². The lowest BCUT2D eigenvalue weighted by atomic mass is 10.2. The number of sulfone groups is 1. The summed E-state index contributed by atoms with van der Waals surface area (Å²) in [7, 11) is -4.33. The third-order valence-electron chi connectivity index (χ3n) is 3.90. The van der Waals surface area contributed by atoms with Crippen LogP contribution in [0.2, 0.25) is 0 Å². The summed E-state index contributed by atoms with van der Waals surface area (Å²) in [6.07, 6.45) is -4.22. The maximum Gasteiger partial charge on any atom is 0.417 e. The van der Waals surface area contributed by atoms with Crippen LogP contribution in [0.1, 0.15) is 25.0 Å². The number of carbonyl (C=O) groups excluding carboxylic acids is 1. The number of carbonyl (C=O) groups is 1. The first kappa shape index (κ1) is 21.4. The molecule has 0 radical (unpaired) electrons. The van der Waals surface area contributed by atoms with Gasteiger partial charge < -0.3 is 5.32 Å². The van der Waals surface area contributed by atoms with E-state index in [1.165, 1.54) is 0 Å². The highest BCUT2D eigenvalue weighted by atomic mass is 32.2. The first-order valence-electron chi connectivity index (χ1n) is 8.06. The van der Waals surface area contributed by atoms with Crippen LogP contribution in [-0.4, -0.2) is 30.6 Å². The summed E-state index contributed by atoms with van der Waals surface area (Å²) in [6, 6.07) is 10.3. The monoisotopic (exact) mass is 410 g/mol. The van der Waals surface area contributed by atoms with Gasteiger partial charge in [-0.1, -0.05) is 30.0 Å². The number of rotatable bonds is 4. The Kier molecular flexibility index (Phi) is 6.14. The van der Waals surface area contributed by atoms with Gasteiger partial charge in [0.15, 0.2) is 9.77 Å². The average molecular weight is 410 g/mol. The van der Waals surface area contributed by atoms with Crippen LogP contribution in [-0.2, 0) is 20.8 Å². The molecule has 0 spiro atoms. The number of halogens is 3. The van der Waals surface area contributed by atoms with Crippen LogP contribution in [0.3, 0.4) is 0 Å². The quantitative estimate of drug-likeness (QED) is 0.787. The van der Waals surface area contributed by atoms with Crippen molar-refractivity contribution in [3.05, 3.63) is 59.8 Å². The summed E-state index contributed by atoms with van der Waals surface area (Å²) >= 11 is 0. The molecule has 1 heterocycles. The SMILES string of the molecule is CC(C)(C(=O)NCC#Cc1ccccc1)S(=O)(=O)c1ccc(C(F)(F)F)cn1. The van der Waals surface area contributed by atoms with Crippen molar-refractivity contribution in [2.75, 3.05) is 6.54 Å². The van der Waals surface area contributed by atoms with Gasteiger partial charge in [0.05, 0.1) is 12.1 Å². The highest BCUT2D eigenvalue weighted by Gasteiger charge is 2.44. The smallest absolute Gasteiger partial charge is 0.344 e. The van der Waals surface area contributed by atoms with Crippen molar-refractivity contribution >= 4 is 15.7 Å². The standard InChI is InChI=1S/C19H17F3N2O3S/c1-18(2,17(25)23-12-6-9-14-7-4-3-5-8-14)28(26,27)16-11-10-15(13-24-16)19(20,21)22/h3-5,7-8,10-11,13H,12H2,1-2H3,(H,23,25). The fourth-order valence-corrected chi connectivity index (χ4v) is 3.37. The van der Waals surface area contributed by atoms with Gasteiger partial charge in [0.2, 0.25) is 15.7 Å². The van der Waals surface area contributed by atoms with Crippen molar-refractivity contribution in [3.8, 4) is 11.8 Å². The lowest BCUT2D eigenvalue weighted by molar-refractivity contribution is -0.137. The number of alkyl halides is 3. The predicted octanol–water partition coefficient (Wildman–Crippen LogP) is 2.82. The van der Waals surface area contributed by atoms with Crippen LogP contribution in [0, 0.1) is 11.8 Å². The fraction of sp³-hybridized carbons (Fsp3) is 0.263. The first-order chi connectivity index (χ1) is 13.0. The molecule has 28 heavy (non-hydrogen) atoms. The van der Waals surface area contributed by atoms with Crippen LogP contribution >= 0.6 is 0 Å². The summed E-state index contributed by atoms with van der Waals surface area (Å²) in [5.41, 5.74) is -0.345. The largest absolute Gasteiger partial charge is 0.417 e. The zero-order valence-corrected chi connectivity index (χ0v) is 15.9. The molecule has 5 nitrogen and oxygen atoms in total. The molecule has 1 aromatic carbocycles.